The Hall–Kier alpha value is -0.570. The van der Waals surface area contributed by atoms with Crippen LogP contribution in [0.5, 0.6) is 0 Å². The lowest BCUT2D eigenvalue weighted by molar-refractivity contribution is -0.151. The lowest BCUT2D eigenvalue weighted by atomic mass is 9.78. The number of hydrogen-bond acceptors (Lipinski definition) is 3. The maximum Gasteiger partial charge on any atom is 0.310 e. The Morgan fingerprint density at radius 3 is 2.79 bits per heavy atom. The van der Waals surface area contributed by atoms with Crippen molar-refractivity contribution in [2.24, 2.45) is 5.92 Å². The van der Waals surface area contributed by atoms with Crippen molar-refractivity contribution in [2.45, 2.75) is 44.2 Å². The largest absolute Gasteiger partial charge is 0.469 e. The molecule has 2 bridgehead atoms. The first-order valence-electron chi connectivity index (χ1n) is 5.54. The minimum atomic E-state index is -0.0119. The van der Waals surface area contributed by atoms with Crippen molar-refractivity contribution in [2.75, 3.05) is 14.2 Å². The average Bonchev–Trinajstić information content (AvgIpc) is 2.17. The van der Waals surface area contributed by atoms with Crippen LogP contribution in [0.2, 0.25) is 0 Å². The highest BCUT2D eigenvalue weighted by atomic mass is 16.5. The third-order valence-electron chi connectivity index (χ3n) is 3.92. The fourth-order valence-corrected chi connectivity index (χ4v) is 3.06. The molecule has 0 spiro atoms. The molecule has 3 atom stereocenters. The Morgan fingerprint density at radius 2 is 2.07 bits per heavy atom. The summed E-state index contributed by atoms with van der Waals surface area (Å²) in [4.78, 5) is 14.0. The Balaban J connectivity index is 2.10. The molecule has 3 nitrogen and oxygen atoms in total. The Bertz CT molecular complexity index is 229. The summed E-state index contributed by atoms with van der Waals surface area (Å²) in [5.41, 5.74) is 0. The maximum absolute atomic E-state index is 11.6. The summed E-state index contributed by atoms with van der Waals surface area (Å²) in [6, 6.07) is 1.16. The molecule has 0 amide bonds. The lowest BCUT2D eigenvalue weighted by Gasteiger charge is -2.47. The van der Waals surface area contributed by atoms with Crippen molar-refractivity contribution in [1.82, 2.24) is 4.90 Å². The zero-order valence-electron chi connectivity index (χ0n) is 9.03. The molecule has 2 fully saturated rings. The van der Waals surface area contributed by atoms with Crippen molar-refractivity contribution >= 4 is 5.97 Å². The number of fused-ring (bicyclic) bond motifs is 2. The van der Waals surface area contributed by atoms with Crippen molar-refractivity contribution in [3.05, 3.63) is 0 Å². The van der Waals surface area contributed by atoms with E-state index in [-0.39, 0.29) is 11.9 Å². The molecule has 0 aromatic carbocycles. The van der Waals surface area contributed by atoms with Gasteiger partial charge in [0.2, 0.25) is 0 Å². The Kier molecular flexibility index (Phi) is 2.77. The van der Waals surface area contributed by atoms with Gasteiger partial charge in [0, 0.05) is 12.1 Å². The first-order valence-corrected chi connectivity index (χ1v) is 5.54. The smallest absolute Gasteiger partial charge is 0.310 e. The van der Waals surface area contributed by atoms with Crippen molar-refractivity contribution in [3.63, 3.8) is 0 Å². The van der Waals surface area contributed by atoms with Crippen LogP contribution in [0.15, 0.2) is 0 Å². The number of hydrogen-bond donors (Lipinski definition) is 0. The minimum absolute atomic E-state index is 0.0119. The van der Waals surface area contributed by atoms with Gasteiger partial charge in [0.1, 0.15) is 0 Å². The van der Waals surface area contributed by atoms with E-state index < -0.39 is 0 Å². The predicted molar refractivity (Wildman–Crippen MR) is 53.9 cm³/mol. The Morgan fingerprint density at radius 1 is 1.29 bits per heavy atom. The Labute approximate surface area is 85.4 Å². The number of methoxy groups -OCH3 is 1. The number of nitrogens with zero attached hydrogens (tertiary/aromatic N) is 1. The highest BCUT2D eigenvalue weighted by molar-refractivity contribution is 5.73. The molecule has 0 aromatic heterocycles. The number of piperidine rings is 2. The second-order valence-corrected chi connectivity index (χ2v) is 4.52. The summed E-state index contributed by atoms with van der Waals surface area (Å²) in [5.74, 6) is 0.115. The highest BCUT2D eigenvalue weighted by Gasteiger charge is 2.41. The van der Waals surface area contributed by atoms with E-state index in [2.05, 4.69) is 11.9 Å². The molecular formula is C11H19NO2. The molecule has 0 aliphatic carbocycles. The predicted octanol–water partition coefficient (Wildman–Crippen LogP) is 1.42. The van der Waals surface area contributed by atoms with Crippen molar-refractivity contribution in [1.29, 1.82) is 0 Å². The summed E-state index contributed by atoms with van der Waals surface area (Å²) >= 11 is 0. The average molecular weight is 197 g/mol. The molecule has 3 heteroatoms. The molecule has 80 valence electrons. The van der Waals surface area contributed by atoms with Gasteiger partial charge in [-0.3, -0.25) is 9.69 Å². The summed E-state index contributed by atoms with van der Waals surface area (Å²) in [5, 5.41) is 0. The van der Waals surface area contributed by atoms with Gasteiger partial charge < -0.3 is 4.74 Å². The minimum Gasteiger partial charge on any atom is -0.469 e. The molecule has 14 heavy (non-hydrogen) atoms. The van der Waals surface area contributed by atoms with Crippen LogP contribution >= 0.6 is 0 Å². The molecule has 2 rings (SSSR count). The van der Waals surface area contributed by atoms with E-state index in [4.69, 9.17) is 4.74 Å². The molecule has 0 N–H and O–H groups in total. The fourth-order valence-electron chi connectivity index (χ4n) is 3.06. The maximum atomic E-state index is 11.6. The van der Waals surface area contributed by atoms with Gasteiger partial charge in [0.15, 0.2) is 0 Å². The van der Waals surface area contributed by atoms with Crippen LogP contribution in [0.3, 0.4) is 0 Å². The summed E-state index contributed by atoms with van der Waals surface area (Å²) in [6.45, 7) is 0. The molecule has 2 heterocycles. The van der Waals surface area contributed by atoms with Gasteiger partial charge in [-0.25, -0.2) is 0 Å². The van der Waals surface area contributed by atoms with E-state index in [9.17, 15) is 4.79 Å². The van der Waals surface area contributed by atoms with E-state index in [1.54, 1.807) is 0 Å². The quantitative estimate of drug-likeness (QED) is 0.595. The number of carbonyl (C=O) groups excluding carboxylic acids is 1. The van der Waals surface area contributed by atoms with E-state index in [1.165, 1.54) is 20.0 Å². The van der Waals surface area contributed by atoms with Crippen LogP contribution in [0, 0.1) is 5.92 Å². The number of esters is 1. The first-order chi connectivity index (χ1) is 6.74. The number of ether oxygens (including phenoxy) is 1. The molecule has 0 aromatic rings. The van der Waals surface area contributed by atoms with Crippen LogP contribution in [0.4, 0.5) is 0 Å². The fraction of sp³-hybridized carbons (Fsp3) is 0.909. The van der Waals surface area contributed by atoms with Gasteiger partial charge >= 0.3 is 5.97 Å². The van der Waals surface area contributed by atoms with Crippen LogP contribution < -0.4 is 0 Å². The van der Waals surface area contributed by atoms with Gasteiger partial charge in [-0.1, -0.05) is 6.42 Å². The second-order valence-electron chi connectivity index (χ2n) is 4.52. The highest BCUT2D eigenvalue weighted by Crippen LogP contribution is 2.36. The van der Waals surface area contributed by atoms with E-state index in [0.717, 1.165) is 25.3 Å². The van der Waals surface area contributed by atoms with Crippen molar-refractivity contribution < 1.29 is 9.53 Å². The molecule has 2 aliphatic rings. The van der Waals surface area contributed by atoms with E-state index >= 15 is 0 Å². The van der Waals surface area contributed by atoms with Gasteiger partial charge in [-0.2, -0.15) is 0 Å². The second kappa shape index (κ2) is 3.89. The van der Waals surface area contributed by atoms with Gasteiger partial charge in [0.25, 0.3) is 0 Å². The molecule has 0 radical (unpaired) electrons. The zero-order chi connectivity index (χ0) is 10.1. The van der Waals surface area contributed by atoms with Crippen molar-refractivity contribution in [3.8, 4) is 0 Å². The third kappa shape index (κ3) is 1.54. The molecular weight excluding hydrogens is 178 g/mol. The summed E-state index contributed by atoms with van der Waals surface area (Å²) < 4.78 is 4.86. The number of rotatable bonds is 1. The summed E-state index contributed by atoms with van der Waals surface area (Å²) in [6.07, 6.45) is 5.92. The first kappa shape index (κ1) is 9.97. The SMILES string of the molecule is COC(=O)[C@@H]1CC[C@@H]2CCC[C@H]1N2C. The zero-order valence-corrected chi connectivity index (χ0v) is 9.03. The van der Waals surface area contributed by atoms with Crippen LogP contribution in [0.25, 0.3) is 0 Å². The van der Waals surface area contributed by atoms with Crippen LogP contribution in [-0.2, 0) is 9.53 Å². The normalized spacial score (nSPS) is 38.0. The standard InChI is InChI=1S/C11H19NO2/c1-12-8-4-3-5-10(12)9(7-6-8)11(13)14-2/h8-10H,3-7H2,1-2H3/t8-,9+,10+/m0/s1. The third-order valence-corrected chi connectivity index (χ3v) is 3.92. The van der Waals surface area contributed by atoms with E-state index in [1.807, 2.05) is 0 Å². The van der Waals surface area contributed by atoms with E-state index in [0.29, 0.717) is 6.04 Å². The summed E-state index contributed by atoms with van der Waals surface area (Å²) in [7, 11) is 3.65. The number of carbonyl (C=O) groups is 1. The van der Waals surface area contributed by atoms with Gasteiger partial charge in [-0.15, -0.1) is 0 Å². The van der Waals surface area contributed by atoms with Gasteiger partial charge in [-0.05, 0) is 32.7 Å². The lowest BCUT2D eigenvalue weighted by Crippen LogP contribution is -2.53. The molecule has 0 saturated carbocycles. The van der Waals surface area contributed by atoms with Crippen LogP contribution in [0.1, 0.15) is 32.1 Å². The topological polar surface area (TPSA) is 29.5 Å². The molecule has 2 saturated heterocycles. The monoisotopic (exact) mass is 197 g/mol. The molecule has 0 unspecified atom stereocenters. The van der Waals surface area contributed by atoms with Gasteiger partial charge in [0.05, 0.1) is 13.0 Å². The molecule has 2 aliphatic heterocycles. The van der Waals surface area contributed by atoms with Crippen LogP contribution in [-0.4, -0.2) is 37.1 Å².